The summed E-state index contributed by atoms with van der Waals surface area (Å²) in [6.45, 7) is 7.23. The minimum absolute atomic E-state index is 0.332. The number of fused-ring (bicyclic) bond motifs is 1. The highest BCUT2D eigenvalue weighted by atomic mass is 79.9. The topological polar surface area (TPSA) is 38.9 Å². The van der Waals surface area contributed by atoms with Crippen LogP contribution < -0.4 is 0 Å². The number of imidazole rings is 1. The summed E-state index contributed by atoms with van der Waals surface area (Å²) in [5.74, 6) is 1.15. The Morgan fingerprint density at radius 3 is 2.89 bits per heavy atom. The van der Waals surface area contributed by atoms with E-state index in [1.807, 2.05) is 24.9 Å². The summed E-state index contributed by atoms with van der Waals surface area (Å²) in [6.07, 6.45) is 4.02. The average molecular weight is 324 g/mol. The van der Waals surface area contributed by atoms with Gasteiger partial charge < -0.3 is 4.57 Å². The van der Waals surface area contributed by atoms with Crippen molar-refractivity contribution in [2.24, 2.45) is 7.05 Å². The van der Waals surface area contributed by atoms with Crippen LogP contribution in [-0.4, -0.2) is 30.8 Å². The zero-order valence-corrected chi connectivity index (χ0v) is 13.1. The van der Waals surface area contributed by atoms with Crippen LogP contribution >= 0.6 is 15.9 Å². The molecular formula is C13H18BrN5. The first-order chi connectivity index (χ1) is 9.06. The molecule has 0 aliphatic carbocycles. The lowest BCUT2D eigenvalue weighted by Gasteiger charge is -2.33. The molecule has 0 aromatic carbocycles. The Morgan fingerprint density at radius 1 is 1.42 bits per heavy atom. The molecule has 102 valence electrons. The number of nitrogens with zero attached hydrogens (tertiary/aromatic N) is 5. The van der Waals surface area contributed by atoms with Crippen LogP contribution in [0.4, 0.5) is 0 Å². The van der Waals surface area contributed by atoms with Gasteiger partial charge in [-0.3, -0.25) is 9.58 Å². The average Bonchev–Trinajstić information content (AvgIpc) is 2.90. The number of hydrogen-bond acceptors (Lipinski definition) is 3. The molecule has 2 aromatic rings. The maximum absolute atomic E-state index is 4.68. The highest BCUT2D eigenvalue weighted by molar-refractivity contribution is 9.10. The summed E-state index contributed by atoms with van der Waals surface area (Å²) >= 11 is 3.62. The van der Waals surface area contributed by atoms with Crippen LogP contribution in [-0.2, 0) is 20.1 Å². The largest absolute Gasteiger partial charge is 0.320 e. The van der Waals surface area contributed by atoms with Crippen LogP contribution in [0.1, 0.15) is 30.0 Å². The number of aryl methyl sites for hydroxylation is 2. The standard InChI is InChI=1S/C13H18BrN5/c1-9-12(14)19-5-4-18(10(2)13(19)16-9)8-11-6-15-17(3)7-11/h6-7,10H,4-5,8H2,1-3H3. The molecule has 0 radical (unpaired) electrons. The predicted octanol–water partition coefficient (Wildman–Crippen LogP) is 2.26. The van der Waals surface area contributed by atoms with Crippen molar-refractivity contribution in [3.05, 3.63) is 34.1 Å². The molecule has 1 aliphatic heterocycles. The summed E-state index contributed by atoms with van der Waals surface area (Å²) in [7, 11) is 1.95. The van der Waals surface area contributed by atoms with Gasteiger partial charge in [0, 0.05) is 38.4 Å². The first-order valence-corrected chi connectivity index (χ1v) is 7.29. The minimum atomic E-state index is 0.332. The third-order valence-electron chi connectivity index (χ3n) is 3.77. The lowest BCUT2D eigenvalue weighted by Crippen LogP contribution is -2.36. The Morgan fingerprint density at radius 2 is 2.21 bits per heavy atom. The second-order valence-corrected chi connectivity index (χ2v) is 5.92. The van der Waals surface area contributed by atoms with Crippen molar-refractivity contribution >= 4 is 15.9 Å². The summed E-state index contributed by atoms with van der Waals surface area (Å²) in [5, 5.41) is 4.23. The third kappa shape index (κ3) is 2.23. The Labute approximate surface area is 121 Å². The zero-order chi connectivity index (χ0) is 13.6. The van der Waals surface area contributed by atoms with Crippen LogP contribution in [0.2, 0.25) is 0 Å². The van der Waals surface area contributed by atoms with Gasteiger partial charge >= 0.3 is 0 Å². The SMILES string of the molecule is Cc1nc2n(c1Br)CCN(Cc1cnn(C)c1)C2C. The van der Waals surface area contributed by atoms with E-state index in [-0.39, 0.29) is 0 Å². The molecule has 1 aliphatic rings. The molecule has 0 bridgehead atoms. The van der Waals surface area contributed by atoms with E-state index in [1.165, 1.54) is 5.56 Å². The fourth-order valence-electron chi connectivity index (χ4n) is 2.70. The monoisotopic (exact) mass is 323 g/mol. The molecule has 0 fully saturated rings. The highest BCUT2D eigenvalue weighted by Gasteiger charge is 2.27. The molecule has 0 spiro atoms. The second-order valence-electron chi connectivity index (χ2n) is 5.17. The Kier molecular flexibility index (Phi) is 3.22. The summed E-state index contributed by atoms with van der Waals surface area (Å²) < 4.78 is 5.25. The van der Waals surface area contributed by atoms with Gasteiger partial charge in [-0.25, -0.2) is 4.98 Å². The van der Waals surface area contributed by atoms with Crippen molar-refractivity contribution in [2.75, 3.05) is 6.54 Å². The van der Waals surface area contributed by atoms with E-state index in [9.17, 15) is 0 Å². The third-order valence-corrected chi connectivity index (χ3v) is 4.77. The van der Waals surface area contributed by atoms with Crippen molar-refractivity contribution in [1.82, 2.24) is 24.2 Å². The molecule has 0 N–H and O–H groups in total. The minimum Gasteiger partial charge on any atom is -0.320 e. The summed E-state index contributed by atoms with van der Waals surface area (Å²) in [4.78, 5) is 7.13. The van der Waals surface area contributed by atoms with E-state index in [4.69, 9.17) is 0 Å². The Balaban J connectivity index is 1.83. The smallest absolute Gasteiger partial charge is 0.127 e. The maximum atomic E-state index is 4.68. The van der Waals surface area contributed by atoms with Gasteiger partial charge in [-0.2, -0.15) is 5.10 Å². The number of hydrogen-bond donors (Lipinski definition) is 0. The number of halogens is 1. The molecule has 5 nitrogen and oxygen atoms in total. The van der Waals surface area contributed by atoms with E-state index < -0.39 is 0 Å². The molecule has 1 unspecified atom stereocenters. The lowest BCUT2D eigenvalue weighted by atomic mass is 10.2. The van der Waals surface area contributed by atoms with Gasteiger partial charge in [-0.15, -0.1) is 0 Å². The zero-order valence-electron chi connectivity index (χ0n) is 11.5. The van der Waals surface area contributed by atoms with Crippen LogP contribution in [0.3, 0.4) is 0 Å². The van der Waals surface area contributed by atoms with Gasteiger partial charge in [0.2, 0.25) is 0 Å². The van der Waals surface area contributed by atoms with Crippen LogP contribution in [0.25, 0.3) is 0 Å². The first kappa shape index (κ1) is 12.9. The number of aromatic nitrogens is 4. The van der Waals surface area contributed by atoms with Gasteiger partial charge in [0.25, 0.3) is 0 Å². The molecule has 2 aromatic heterocycles. The Hall–Kier alpha value is -1.14. The van der Waals surface area contributed by atoms with E-state index in [0.29, 0.717) is 6.04 Å². The normalized spacial score (nSPS) is 19.7. The molecular weight excluding hydrogens is 306 g/mol. The maximum Gasteiger partial charge on any atom is 0.127 e. The van der Waals surface area contributed by atoms with Crippen LogP contribution in [0, 0.1) is 6.92 Å². The van der Waals surface area contributed by atoms with Gasteiger partial charge in [0.1, 0.15) is 10.4 Å². The Bertz CT molecular complexity index is 600. The molecule has 6 heteroatoms. The van der Waals surface area contributed by atoms with Gasteiger partial charge in [0.15, 0.2) is 0 Å². The molecule has 3 heterocycles. The van der Waals surface area contributed by atoms with Crippen molar-refractivity contribution in [3.8, 4) is 0 Å². The molecule has 0 saturated carbocycles. The quantitative estimate of drug-likeness (QED) is 0.851. The fraction of sp³-hybridized carbons (Fsp3) is 0.538. The molecule has 0 amide bonds. The highest BCUT2D eigenvalue weighted by Crippen LogP contribution is 2.30. The summed E-state index contributed by atoms with van der Waals surface area (Å²) in [5.41, 5.74) is 2.33. The van der Waals surface area contributed by atoms with Crippen molar-refractivity contribution < 1.29 is 0 Å². The van der Waals surface area contributed by atoms with Crippen molar-refractivity contribution in [3.63, 3.8) is 0 Å². The van der Waals surface area contributed by atoms with Crippen LogP contribution in [0.15, 0.2) is 17.0 Å². The molecule has 3 rings (SSSR count). The van der Waals surface area contributed by atoms with E-state index >= 15 is 0 Å². The van der Waals surface area contributed by atoms with E-state index in [1.54, 1.807) is 0 Å². The van der Waals surface area contributed by atoms with Gasteiger partial charge in [-0.1, -0.05) is 0 Å². The summed E-state index contributed by atoms with van der Waals surface area (Å²) in [6, 6.07) is 0.332. The molecule has 1 atom stereocenters. The predicted molar refractivity (Wildman–Crippen MR) is 76.7 cm³/mol. The molecule has 19 heavy (non-hydrogen) atoms. The number of rotatable bonds is 2. The molecule has 0 saturated heterocycles. The van der Waals surface area contributed by atoms with Gasteiger partial charge in [-0.05, 0) is 29.8 Å². The van der Waals surface area contributed by atoms with Crippen molar-refractivity contribution in [1.29, 1.82) is 0 Å². The second kappa shape index (κ2) is 4.76. The van der Waals surface area contributed by atoms with E-state index in [0.717, 1.165) is 35.8 Å². The van der Waals surface area contributed by atoms with Gasteiger partial charge in [0.05, 0.1) is 17.9 Å². The first-order valence-electron chi connectivity index (χ1n) is 6.50. The fourth-order valence-corrected chi connectivity index (χ4v) is 3.14. The van der Waals surface area contributed by atoms with Crippen LogP contribution in [0.5, 0.6) is 0 Å². The van der Waals surface area contributed by atoms with Crippen molar-refractivity contribution in [2.45, 2.75) is 33.0 Å². The lowest BCUT2D eigenvalue weighted by molar-refractivity contribution is 0.155. The van der Waals surface area contributed by atoms with E-state index in [2.05, 4.69) is 48.6 Å².